The molecule has 34 heavy (non-hydrogen) atoms. The molecular formula is C29H53N5. The quantitative estimate of drug-likeness (QED) is 0.590. The van der Waals surface area contributed by atoms with Crippen molar-refractivity contribution in [3.8, 4) is 0 Å². The van der Waals surface area contributed by atoms with Gasteiger partial charge in [0, 0.05) is 51.4 Å². The van der Waals surface area contributed by atoms with E-state index in [2.05, 4.69) is 52.4 Å². The summed E-state index contributed by atoms with van der Waals surface area (Å²) in [7, 11) is 4.60. The fourth-order valence-electron chi connectivity index (χ4n) is 9.09. The molecular weight excluding hydrogens is 418 g/mol. The average Bonchev–Trinajstić information content (AvgIpc) is 3.28. The molecule has 0 aromatic carbocycles. The van der Waals surface area contributed by atoms with Crippen molar-refractivity contribution < 1.29 is 0 Å². The van der Waals surface area contributed by atoms with Gasteiger partial charge in [0.15, 0.2) is 0 Å². The molecule has 0 amide bonds. The third-order valence-electron chi connectivity index (χ3n) is 11.5. The topological polar surface area (TPSA) is 16.2 Å². The zero-order valence-electron chi connectivity index (χ0n) is 22.9. The molecule has 2 spiro atoms. The van der Waals surface area contributed by atoms with Gasteiger partial charge in [0.2, 0.25) is 0 Å². The van der Waals surface area contributed by atoms with Crippen LogP contribution in [0.4, 0.5) is 0 Å². The fraction of sp³-hybridized carbons (Fsp3) is 1.00. The summed E-state index contributed by atoms with van der Waals surface area (Å²) in [6.07, 6.45) is 10.2. The van der Waals surface area contributed by atoms with Gasteiger partial charge in [0.25, 0.3) is 0 Å². The monoisotopic (exact) mass is 471 g/mol. The van der Waals surface area contributed by atoms with Gasteiger partial charge >= 0.3 is 0 Å². The average molecular weight is 472 g/mol. The number of fused-ring (bicyclic) bond motifs is 1. The Morgan fingerprint density at radius 2 is 1.26 bits per heavy atom. The van der Waals surface area contributed by atoms with Crippen LogP contribution < -0.4 is 0 Å². The summed E-state index contributed by atoms with van der Waals surface area (Å²) in [5, 5.41) is 0. The van der Waals surface area contributed by atoms with Crippen molar-refractivity contribution in [2.75, 3.05) is 92.6 Å². The highest BCUT2D eigenvalue weighted by Gasteiger charge is 2.51. The number of likely N-dealkylation sites (tertiary alicyclic amines) is 5. The van der Waals surface area contributed by atoms with E-state index >= 15 is 0 Å². The summed E-state index contributed by atoms with van der Waals surface area (Å²) >= 11 is 0. The van der Waals surface area contributed by atoms with Crippen LogP contribution in [-0.4, -0.2) is 123 Å². The van der Waals surface area contributed by atoms with Crippen LogP contribution in [0.25, 0.3) is 0 Å². The third kappa shape index (κ3) is 4.74. The molecule has 0 N–H and O–H groups in total. The Kier molecular flexibility index (Phi) is 6.37. The molecule has 1 saturated carbocycles. The highest BCUT2D eigenvalue weighted by Crippen LogP contribution is 2.46. The van der Waals surface area contributed by atoms with Crippen LogP contribution in [0.5, 0.6) is 0 Å². The smallest absolute Gasteiger partial charge is 0.0280 e. The second kappa shape index (κ2) is 8.97. The van der Waals surface area contributed by atoms with E-state index < -0.39 is 0 Å². The summed E-state index contributed by atoms with van der Waals surface area (Å²) in [6.45, 7) is 21.2. The van der Waals surface area contributed by atoms with E-state index in [1.165, 1.54) is 123 Å². The maximum Gasteiger partial charge on any atom is 0.0280 e. The van der Waals surface area contributed by atoms with Crippen molar-refractivity contribution in [3.63, 3.8) is 0 Å². The van der Waals surface area contributed by atoms with Crippen molar-refractivity contribution in [2.45, 2.75) is 64.3 Å². The molecule has 0 bridgehead atoms. The maximum atomic E-state index is 2.83. The Labute approximate surface area is 210 Å². The first-order valence-electron chi connectivity index (χ1n) is 14.8. The van der Waals surface area contributed by atoms with Gasteiger partial charge in [0.05, 0.1) is 0 Å². The Morgan fingerprint density at radius 3 is 1.88 bits per heavy atom. The van der Waals surface area contributed by atoms with Gasteiger partial charge in [-0.1, -0.05) is 0 Å². The number of hydrogen-bond donors (Lipinski definition) is 0. The number of nitrogens with zero attached hydrogens (tertiary/aromatic N) is 5. The van der Waals surface area contributed by atoms with Gasteiger partial charge in [-0.3, -0.25) is 4.90 Å². The first-order chi connectivity index (χ1) is 16.2. The number of hydrogen-bond acceptors (Lipinski definition) is 5. The molecule has 5 saturated heterocycles. The van der Waals surface area contributed by atoms with Crippen LogP contribution in [0.2, 0.25) is 0 Å². The predicted molar refractivity (Wildman–Crippen MR) is 141 cm³/mol. The summed E-state index contributed by atoms with van der Waals surface area (Å²) in [4.78, 5) is 13.5. The molecule has 5 aliphatic heterocycles. The van der Waals surface area contributed by atoms with E-state index in [-0.39, 0.29) is 0 Å². The lowest BCUT2D eigenvalue weighted by Crippen LogP contribution is -2.70. The minimum atomic E-state index is 0.337. The van der Waals surface area contributed by atoms with Crippen molar-refractivity contribution in [1.82, 2.24) is 24.5 Å². The Hall–Kier alpha value is -0.200. The molecule has 194 valence electrons. The van der Waals surface area contributed by atoms with E-state index in [1.54, 1.807) is 0 Å². The summed E-state index contributed by atoms with van der Waals surface area (Å²) < 4.78 is 0. The lowest BCUT2D eigenvalue weighted by Gasteiger charge is -2.62. The third-order valence-corrected chi connectivity index (χ3v) is 11.5. The largest absolute Gasteiger partial charge is 0.306 e. The van der Waals surface area contributed by atoms with E-state index in [1.807, 2.05) is 0 Å². The van der Waals surface area contributed by atoms with Crippen molar-refractivity contribution >= 4 is 0 Å². The lowest BCUT2D eigenvalue weighted by atomic mass is 9.69. The standard InChI is InChI=1S/C29H53N5/c1-27(2,19-33-20-28(21-33)6-11-30(3)12-7-28)34-22-29(23-34)8-13-32(14-9-29)10-5-24-15-25-17-31(4)18-26(25)16-24/h24-26H,5-23H2,1-4H3. The Morgan fingerprint density at radius 1 is 0.706 bits per heavy atom. The van der Waals surface area contributed by atoms with E-state index in [0.717, 1.165) is 17.8 Å². The van der Waals surface area contributed by atoms with Crippen LogP contribution >= 0.6 is 0 Å². The summed E-state index contributed by atoms with van der Waals surface area (Å²) in [5.41, 5.74) is 1.65. The van der Waals surface area contributed by atoms with Gasteiger partial charge in [-0.25, -0.2) is 0 Å². The molecule has 6 aliphatic rings. The van der Waals surface area contributed by atoms with Gasteiger partial charge in [-0.15, -0.1) is 0 Å². The first kappa shape index (κ1) is 24.2. The van der Waals surface area contributed by atoms with Crippen molar-refractivity contribution in [2.24, 2.45) is 28.6 Å². The molecule has 1 aliphatic carbocycles. The minimum Gasteiger partial charge on any atom is -0.306 e. The maximum absolute atomic E-state index is 2.83. The predicted octanol–water partition coefficient (Wildman–Crippen LogP) is 3.17. The molecule has 2 atom stereocenters. The van der Waals surface area contributed by atoms with Crippen LogP contribution in [0, 0.1) is 28.6 Å². The summed E-state index contributed by atoms with van der Waals surface area (Å²) in [5.74, 6) is 3.07. The molecule has 6 rings (SSSR count). The van der Waals surface area contributed by atoms with Gasteiger partial charge in [-0.2, -0.15) is 0 Å². The van der Waals surface area contributed by atoms with Crippen LogP contribution in [0.3, 0.4) is 0 Å². The molecule has 5 heteroatoms. The first-order valence-corrected chi connectivity index (χ1v) is 14.8. The van der Waals surface area contributed by atoms with Crippen molar-refractivity contribution in [3.05, 3.63) is 0 Å². The number of piperidine rings is 2. The van der Waals surface area contributed by atoms with E-state index in [9.17, 15) is 0 Å². The van der Waals surface area contributed by atoms with Gasteiger partial charge in [-0.05, 0) is 134 Å². The SMILES string of the molecule is CN1CCC2(CC1)CN(CC(C)(C)N1CC3(CCN(CCC4CC5CN(C)CC5C4)CC3)C1)C2. The highest BCUT2D eigenvalue weighted by atomic mass is 15.3. The van der Waals surface area contributed by atoms with E-state index in [4.69, 9.17) is 0 Å². The molecule has 0 aromatic rings. The van der Waals surface area contributed by atoms with Crippen molar-refractivity contribution in [1.29, 1.82) is 0 Å². The molecule has 6 fully saturated rings. The minimum absolute atomic E-state index is 0.337. The Bertz CT molecular complexity index is 690. The fourth-order valence-corrected chi connectivity index (χ4v) is 9.09. The number of rotatable bonds is 6. The zero-order chi connectivity index (χ0) is 23.6. The lowest BCUT2D eigenvalue weighted by molar-refractivity contribution is -0.123. The second-order valence-corrected chi connectivity index (χ2v) is 14.8. The second-order valence-electron chi connectivity index (χ2n) is 14.8. The molecule has 0 radical (unpaired) electrons. The molecule has 0 aromatic heterocycles. The molecule has 5 heterocycles. The van der Waals surface area contributed by atoms with Gasteiger partial charge in [0.1, 0.15) is 0 Å². The Balaban J connectivity index is 0.892. The van der Waals surface area contributed by atoms with Crippen LogP contribution in [0.1, 0.15) is 58.8 Å². The van der Waals surface area contributed by atoms with Gasteiger partial charge < -0.3 is 19.6 Å². The molecule has 2 unspecified atom stereocenters. The van der Waals surface area contributed by atoms with Crippen LogP contribution in [0.15, 0.2) is 0 Å². The van der Waals surface area contributed by atoms with Crippen LogP contribution in [-0.2, 0) is 0 Å². The zero-order valence-corrected chi connectivity index (χ0v) is 22.9. The molecule has 5 nitrogen and oxygen atoms in total. The van der Waals surface area contributed by atoms with E-state index in [0.29, 0.717) is 16.4 Å². The normalized spacial score (nSPS) is 37.2. The highest BCUT2D eigenvalue weighted by molar-refractivity contribution is 5.06. The summed E-state index contributed by atoms with van der Waals surface area (Å²) in [6, 6.07) is 0.